The molecular weight excluding hydrogens is 419 g/mol. The third kappa shape index (κ3) is 5.14. The fourth-order valence-electron chi connectivity index (χ4n) is 3.43. The Morgan fingerprint density at radius 1 is 0.909 bits per heavy atom. The van der Waals surface area contributed by atoms with Gasteiger partial charge in [0.1, 0.15) is 24.0 Å². The van der Waals surface area contributed by atoms with E-state index in [4.69, 9.17) is 0 Å². The van der Waals surface area contributed by atoms with Crippen molar-refractivity contribution < 1.29 is 14.0 Å². The van der Waals surface area contributed by atoms with Gasteiger partial charge in [-0.1, -0.05) is 36.4 Å². The monoisotopic (exact) mass is 438 g/mol. The Balaban J connectivity index is 1.60. The average molecular weight is 438 g/mol. The van der Waals surface area contributed by atoms with E-state index < -0.39 is 11.7 Å². The highest BCUT2D eigenvalue weighted by Gasteiger charge is 2.14. The molecule has 4 rings (SSSR count). The average Bonchev–Trinajstić information content (AvgIpc) is 3.16. The molecule has 6 nitrogen and oxygen atoms in total. The van der Waals surface area contributed by atoms with Crippen LogP contribution in [0.25, 0.3) is 17.0 Å². The molecule has 7 heteroatoms. The maximum atomic E-state index is 13.1. The molecule has 0 radical (unpaired) electrons. The lowest BCUT2D eigenvalue weighted by Gasteiger charge is -2.07. The normalized spacial score (nSPS) is 11.1. The van der Waals surface area contributed by atoms with Crippen molar-refractivity contribution in [1.29, 1.82) is 5.26 Å². The summed E-state index contributed by atoms with van der Waals surface area (Å²) in [6.07, 6.45) is 3.21. The highest BCUT2D eigenvalue weighted by atomic mass is 19.1. The second kappa shape index (κ2) is 9.62. The number of halogens is 1. The number of nitrogens with one attached hydrogen (secondary N) is 2. The Morgan fingerprint density at radius 2 is 1.58 bits per heavy atom. The summed E-state index contributed by atoms with van der Waals surface area (Å²) in [5, 5.41) is 15.8. The zero-order valence-corrected chi connectivity index (χ0v) is 17.5. The van der Waals surface area contributed by atoms with Gasteiger partial charge in [0.15, 0.2) is 0 Å². The van der Waals surface area contributed by atoms with Crippen LogP contribution in [0.5, 0.6) is 0 Å². The minimum Gasteiger partial charge on any atom is -0.337 e. The molecule has 1 aromatic heterocycles. The molecule has 0 aliphatic carbocycles. The van der Waals surface area contributed by atoms with E-state index >= 15 is 0 Å². The molecule has 2 N–H and O–H groups in total. The molecule has 33 heavy (non-hydrogen) atoms. The van der Waals surface area contributed by atoms with Crippen LogP contribution in [0.15, 0.2) is 90.6 Å². The standard InChI is InChI=1S/C26H19FN4O2/c27-20-10-12-22(13-11-20)30-26(33)18(15-28)14-19-16-31(24-9-5-4-8-23(19)24)17-25(32)29-21-6-2-1-3-7-21/h1-14,16H,17H2,(H,29,32)(H,30,33). The number of amides is 2. The van der Waals surface area contributed by atoms with Crippen molar-refractivity contribution in [2.24, 2.45) is 0 Å². The number of carbonyl (C=O) groups is 2. The van der Waals surface area contributed by atoms with E-state index in [1.54, 1.807) is 22.9 Å². The summed E-state index contributed by atoms with van der Waals surface area (Å²) in [6.45, 7) is 0.0624. The largest absolute Gasteiger partial charge is 0.337 e. The first-order valence-corrected chi connectivity index (χ1v) is 10.1. The van der Waals surface area contributed by atoms with Crippen LogP contribution in [-0.2, 0) is 16.1 Å². The molecule has 0 saturated heterocycles. The van der Waals surface area contributed by atoms with Gasteiger partial charge < -0.3 is 15.2 Å². The first-order chi connectivity index (χ1) is 16.0. The van der Waals surface area contributed by atoms with E-state index in [9.17, 15) is 19.2 Å². The van der Waals surface area contributed by atoms with E-state index in [1.807, 2.05) is 48.5 Å². The van der Waals surface area contributed by atoms with Gasteiger partial charge in [0.05, 0.1) is 0 Å². The Bertz CT molecular complexity index is 1380. The molecule has 0 aliphatic heterocycles. The van der Waals surface area contributed by atoms with Gasteiger partial charge in [0.2, 0.25) is 5.91 Å². The van der Waals surface area contributed by atoms with Crippen LogP contribution in [-0.4, -0.2) is 16.4 Å². The number of aromatic nitrogens is 1. The van der Waals surface area contributed by atoms with Crippen molar-refractivity contribution in [3.05, 3.63) is 102 Å². The van der Waals surface area contributed by atoms with Crippen LogP contribution >= 0.6 is 0 Å². The van der Waals surface area contributed by atoms with Crippen LogP contribution < -0.4 is 10.6 Å². The van der Waals surface area contributed by atoms with E-state index in [-0.39, 0.29) is 18.0 Å². The Labute approximate surface area is 189 Å². The molecule has 0 spiro atoms. The van der Waals surface area contributed by atoms with Crippen LogP contribution in [0, 0.1) is 17.1 Å². The zero-order valence-electron chi connectivity index (χ0n) is 17.5. The predicted octanol–water partition coefficient (Wildman–Crippen LogP) is 4.96. The summed E-state index contributed by atoms with van der Waals surface area (Å²) >= 11 is 0. The lowest BCUT2D eigenvalue weighted by Crippen LogP contribution is -2.18. The van der Waals surface area contributed by atoms with Crippen LogP contribution in [0.3, 0.4) is 0 Å². The molecule has 162 valence electrons. The molecule has 4 aromatic rings. The molecule has 0 unspecified atom stereocenters. The second-order valence-corrected chi connectivity index (χ2v) is 7.27. The maximum absolute atomic E-state index is 13.1. The van der Waals surface area contributed by atoms with Gasteiger partial charge in [-0.2, -0.15) is 5.26 Å². The SMILES string of the molecule is N#CC(=Cc1cn(CC(=O)Nc2ccccc2)c2ccccc12)C(=O)Nc1ccc(F)cc1. The van der Waals surface area contributed by atoms with Gasteiger partial charge in [0, 0.05) is 34.0 Å². The van der Waals surface area contributed by atoms with Crippen molar-refractivity contribution in [1.82, 2.24) is 4.57 Å². The zero-order chi connectivity index (χ0) is 23.2. The van der Waals surface area contributed by atoms with Gasteiger partial charge in [-0.3, -0.25) is 9.59 Å². The first-order valence-electron chi connectivity index (χ1n) is 10.1. The summed E-state index contributed by atoms with van der Waals surface area (Å²) < 4.78 is 14.9. The van der Waals surface area contributed by atoms with Crippen LogP contribution in [0.1, 0.15) is 5.56 Å². The van der Waals surface area contributed by atoms with Crippen molar-refractivity contribution in [3.63, 3.8) is 0 Å². The van der Waals surface area contributed by atoms with Crippen LogP contribution in [0.4, 0.5) is 15.8 Å². The number of fused-ring (bicyclic) bond motifs is 1. The number of nitriles is 1. The number of carbonyl (C=O) groups excluding carboxylic acids is 2. The Kier molecular flexibility index (Phi) is 6.28. The van der Waals surface area contributed by atoms with Gasteiger partial charge in [0.25, 0.3) is 5.91 Å². The van der Waals surface area contributed by atoms with E-state index in [2.05, 4.69) is 10.6 Å². The number of hydrogen-bond donors (Lipinski definition) is 2. The summed E-state index contributed by atoms with van der Waals surface area (Å²) in [5.41, 5.74) is 2.38. The molecule has 0 bridgehead atoms. The van der Waals surface area contributed by atoms with E-state index in [0.717, 1.165) is 10.9 Å². The smallest absolute Gasteiger partial charge is 0.266 e. The Hall–Kier alpha value is -4.70. The summed E-state index contributed by atoms with van der Waals surface area (Å²) in [4.78, 5) is 25.1. The van der Waals surface area contributed by atoms with E-state index in [1.165, 1.54) is 30.3 Å². The first kappa shape index (κ1) is 21.5. The minimum absolute atomic E-state index is 0.0624. The van der Waals surface area contributed by atoms with Crippen molar-refractivity contribution in [2.75, 3.05) is 10.6 Å². The summed E-state index contributed by atoms with van der Waals surface area (Å²) in [7, 11) is 0. The third-order valence-electron chi connectivity index (χ3n) is 4.96. The molecule has 1 heterocycles. The van der Waals surface area contributed by atoms with Crippen molar-refractivity contribution in [3.8, 4) is 6.07 Å². The van der Waals surface area contributed by atoms with Gasteiger partial charge in [-0.15, -0.1) is 0 Å². The fraction of sp³-hybridized carbons (Fsp3) is 0.0385. The van der Waals surface area contributed by atoms with E-state index in [0.29, 0.717) is 16.9 Å². The number of para-hydroxylation sites is 2. The maximum Gasteiger partial charge on any atom is 0.266 e. The molecule has 2 amide bonds. The molecule has 3 aromatic carbocycles. The highest BCUT2D eigenvalue weighted by molar-refractivity contribution is 6.10. The Morgan fingerprint density at radius 3 is 2.30 bits per heavy atom. The van der Waals surface area contributed by atoms with Crippen LogP contribution in [0.2, 0.25) is 0 Å². The summed E-state index contributed by atoms with van der Waals surface area (Å²) in [6, 6.07) is 23.8. The van der Waals surface area contributed by atoms with Gasteiger partial charge >= 0.3 is 0 Å². The quantitative estimate of drug-likeness (QED) is 0.329. The lowest BCUT2D eigenvalue weighted by atomic mass is 10.1. The van der Waals surface area contributed by atoms with Gasteiger partial charge in [-0.05, 0) is 48.5 Å². The van der Waals surface area contributed by atoms with Crippen molar-refractivity contribution >= 4 is 40.2 Å². The minimum atomic E-state index is -0.609. The molecule has 0 atom stereocenters. The third-order valence-corrected chi connectivity index (χ3v) is 4.96. The fourth-order valence-corrected chi connectivity index (χ4v) is 3.43. The van der Waals surface area contributed by atoms with Gasteiger partial charge in [-0.25, -0.2) is 4.39 Å². The topological polar surface area (TPSA) is 86.9 Å². The van der Waals surface area contributed by atoms with Crippen molar-refractivity contribution in [2.45, 2.75) is 6.54 Å². The number of hydrogen-bond acceptors (Lipinski definition) is 3. The molecular formula is C26H19FN4O2. The number of anilines is 2. The summed E-state index contributed by atoms with van der Waals surface area (Å²) in [5.74, 6) is -1.23. The lowest BCUT2D eigenvalue weighted by molar-refractivity contribution is -0.116. The number of benzene rings is 3. The number of nitrogens with zero attached hydrogens (tertiary/aromatic N) is 2. The molecule has 0 fully saturated rings. The molecule has 0 saturated carbocycles. The predicted molar refractivity (Wildman–Crippen MR) is 126 cm³/mol. The molecule has 0 aliphatic rings. The number of rotatable bonds is 6. The highest BCUT2D eigenvalue weighted by Crippen LogP contribution is 2.24. The second-order valence-electron chi connectivity index (χ2n) is 7.27.